The van der Waals surface area contributed by atoms with Gasteiger partial charge < -0.3 is 20.1 Å². The van der Waals surface area contributed by atoms with E-state index in [1.165, 1.54) is 11.3 Å². The lowest BCUT2D eigenvalue weighted by molar-refractivity contribution is 0.589. The van der Waals surface area contributed by atoms with E-state index in [9.17, 15) is 0 Å². The van der Waals surface area contributed by atoms with E-state index in [0.29, 0.717) is 0 Å². The Kier molecular flexibility index (Phi) is 6.57. The summed E-state index contributed by atoms with van der Waals surface area (Å²) in [5, 5.41) is 9.08. The zero-order valence-corrected chi connectivity index (χ0v) is 17.6. The van der Waals surface area contributed by atoms with Crippen LogP contribution in [0.25, 0.3) is 12.7 Å². The molecule has 5 nitrogen and oxygen atoms in total. The minimum absolute atomic E-state index is 0.0383. The number of hydrogen-bond donors (Lipinski definition) is 2. The fourth-order valence-electron chi connectivity index (χ4n) is 3.72. The molecule has 0 spiro atoms. The van der Waals surface area contributed by atoms with E-state index in [1.54, 1.807) is 0 Å². The standard InChI is InChI=1S/C23H33N5/c1-6-20-16-17(3)18(4)28(7-2)23(20)26-19(5)25-21-8-10-22(11-9-21)27-14-12-24-13-15-27/h6,8-11,16,19,24-25H,4,7,12-15H2,1-3,5H3. The summed E-state index contributed by atoms with van der Waals surface area (Å²) < 4.78 is 2.19. The number of anilines is 2. The summed E-state index contributed by atoms with van der Waals surface area (Å²) in [6, 6.07) is 10.8. The number of aromatic nitrogens is 1. The van der Waals surface area contributed by atoms with Gasteiger partial charge in [-0.2, -0.15) is 0 Å². The van der Waals surface area contributed by atoms with Crippen molar-refractivity contribution in [2.24, 2.45) is 4.99 Å². The summed E-state index contributed by atoms with van der Waals surface area (Å²) in [5.74, 6) is 0. The maximum Gasteiger partial charge on any atom is 0.137 e. The highest BCUT2D eigenvalue weighted by atomic mass is 15.2. The highest BCUT2D eigenvalue weighted by Crippen LogP contribution is 2.18. The Hall–Kier alpha value is -2.53. The van der Waals surface area contributed by atoms with Gasteiger partial charge in [-0.15, -0.1) is 0 Å². The number of nitrogens with one attached hydrogen (secondary N) is 2. The first-order valence-corrected chi connectivity index (χ1v) is 10.2. The monoisotopic (exact) mass is 379 g/mol. The van der Waals surface area contributed by atoms with Crippen molar-refractivity contribution in [2.45, 2.75) is 40.4 Å². The molecule has 1 fully saturated rings. The van der Waals surface area contributed by atoms with Crippen LogP contribution in [0.2, 0.25) is 0 Å². The number of benzene rings is 1. The molecule has 0 aliphatic carbocycles. The SMILES string of the molecule is C=c1c(C)cc(=CC)c(=NC(C)Nc2ccc(N3CCNCC3)cc2)n1CC. The number of nitrogens with zero attached hydrogens (tertiary/aromatic N) is 3. The Morgan fingerprint density at radius 2 is 1.93 bits per heavy atom. The van der Waals surface area contributed by atoms with Crippen LogP contribution >= 0.6 is 0 Å². The Balaban J connectivity index is 1.83. The molecule has 2 aromatic rings. The minimum Gasteiger partial charge on any atom is -0.369 e. The zero-order chi connectivity index (χ0) is 20.1. The molecule has 3 rings (SSSR count). The molecule has 150 valence electrons. The molecule has 0 bridgehead atoms. The summed E-state index contributed by atoms with van der Waals surface area (Å²) in [5.41, 5.74) is 4.54. The van der Waals surface area contributed by atoms with E-state index in [-0.39, 0.29) is 6.17 Å². The molecule has 1 atom stereocenters. The first kappa shape index (κ1) is 20.2. The van der Waals surface area contributed by atoms with Crippen LogP contribution < -0.4 is 31.6 Å². The van der Waals surface area contributed by atoms with Gasteiger partial charge in [0.05, 0.1) is 0 Å². The lowest BCUT2D eigenvalue weighted by Crippen LogP contribution is -2.45. The maximum atomic E-state index is 4.97. The van der Waals surface area contributed by atoms with Gasteiger partial charge in [-0.3, -0.25) is 0 Å². The zero-order valence-electron chi connectivity index (χ0n) is 17.6. The van der Waals surface area contributed by atoms with Crippen molar-refractivity contribution in [1.82, 2.24) is 9.88 Å². The van der Waals surface area contributed by atoms with Crippen LogP contribution in [0.4, 0.5) is 11.4 Å². The van der Waals surface area contributed by atoms with Gasteiger partial charge in [-0.1, -0.05) is 12.7 Å². The topological polar surface area (TPSA) is 44.6 Å². The van der Waals surface area contributed by atoms with Gasteiger partial charge in [0, 0.05) is 54.7 Å². The molecule has 28 heavy (non-hydrogen) atoms. The molecule has 1 saturated heterocycles. The van der Waals surface area contributed by atoms with Crippen LogP contribution in [0.3, 0.4) is 0 Å². The van der Waals surface area contributed by atoms with Crippen molar-refractivity contribution in [3.8, 4) is 0 Å². The average Bonchev–Trinajstić information content (AvgIpc) is 2.72. The Bertz CT molecular complexity index is 966. The summed E-state index contributed by atoms with van der Waals surface area (Å²) in [6.45, 7) is 17.7. The summed E-state index contributed by atoms with van der Waals surface area (Å²) >= 11 is 0. The highest BCUT2D eigenvalue weighted by Gasteiger charge is 2.10. The molecule has 1 unspecified atom stereocenters. The second-order valence-electron chi connectivity index (χ2n) is 7.32. The van der Waals surface area contributed by atoms with Gasteiger partial charge in [0.25, 0.3) is 0 Å². The molecule has 2 N–H and O–H groups in total. The summed E-state index contributed by atoms with van der Waals surface area (Å²) in [6.07, 6.45) is 2.08. The lowest BCUT2D eigenvalue weighted by Gasteiger charge is -2.29. The predicted octanol–water partition coefficient (Wildman–Crippen LogP) is 1.80. The number of aryl methyl sites for hydroxylation is 1. The molecule has 0 saturated carbocycles. The smallest absolute Gasteiger partial charge is 0.137 e. The first-order chi connectivity index (χ1) is 13.5. The van der Waals surface area contributed by atoms with Crippen LogP contribution in [0.5, 0.6) is 0 Å². The largest absolute Gasteiger partial charge is 0.369 e. The van der Waals surface area contributed by atoms with Gasteiger partial charge in [0.15, 0.2) is 0 Å². The van der Waals surface area contributed by atoms with E-state index in [1.807, 2.05) is 0 Å². The number of rotatable bonds is 5. The van der Waals surface area contributed by atoms with Crippen molar-refractivity contribution in [1.29, 1.82) is 0 Å². The molecule has 1 aromatic carbocycles. The number of pyridine rings is 1. The molecule has 0 amide bonds. The first-order valence-electron chi connectivity index (χ1n) is 10.2. The molecule has 1 aromatic heterocycles. The maximum absolute atomic E-state index is 4.97. The third-order valence-electron chi connectivity index (χ3n) is 5.34. The van der Waals surface area contributed by atoms with Crippen molar-refractivity contribution in [3.05, 3.63) is 52.0 Å². The van der Waals surface area contributed by atoms with Crippen LogP contribution in [0.1, 0.15) is 26.3 Å². The van der Waals surface area contributed by atoms with E-state index >= 15 is 0 Å². The second-order valence-corrected chi connectivity index (χ2v) is 7.32. The number of piperazine rings is 1. The van der Waals surface area contributed by atoms with Crippen LogP contribution in [0.15, 0.2) is 35.3 Å². The normalized spacial score (nSPS) is 17.1. The van der Waals surface area contributed by atoms with Crippen LogP contribution in [-0.4, -0.2) is 36.9 Å². The van der Waals surface area contributed by atoms with E-state index < -0.39 is 0 Å². The second kappa shape index (κ2) is 9.11. The highest BCUT2D eigenvalue weighted by molar-refractivity contribution is 5.55. The van der Waals surface area contributed by atoms with Gasteiger partial charge in [-0.05, 0) is 63.6 Å². The fourth-order valence-corrected chi connectivity index (χ4v) is 3.72. The average molecular weight is 380 g/mol. The van der Waals surface area contributed by atoms with Crippen molar-refractivity contribution in [3.63, 3.8) is 0 Å². The molecule has 2 heterocycles. The molecule has 1 aliphatic heterocycles. The summed E-state index contributed by atoms with van der Waals surface area (Å²) in [4.78, 5) is 7.39. The van der Waals surface area contributed by atoms with Gasteiger partial charge in [0.1, 0.15) is 11.7 Å². The van der Waals surface area contributed by atoms with Gasteiger partial charge >= 0.3 is 0 Å². The lowest BCUT2D eigenvalue weighted by atomic mass is 10.2. The summed E-state index contributed by atoms with van der Waals surface area (Å²) in [7, 11) is 0. The van der Waals surface area contributed by atoms with Gasteiger partial charge in [-0.25, -0.2) is 4.99 Å². The van der Waals surface area contributed by atoms with Gasteiger partial charge in [0.2, 0.25) is 0 Å². The van der Waals surface area contributed by atoms with Crippen molar-refractivity contribution < 1.29 is 0 Å². The number of hydrogen-bond acceptors (Lipinski definition) is 4. The van der Waals surface area contributed by atoms with Crippen molar-refractivity contribution >= 4 is 24.0 Å². The Morgan fingerprint density at radius 1 is 1.25 bits per heavy atom. The Morgan fingerprint density at radius 3 is 2.54 bits per heavy atom. The van der Waals surface area contributed by atoms with E-state index in [2.05, 4.69) is 90.8 Å². The minimum atomic E-state index is -0.0383. The van der Waals surface area contributed by atoms with Crippen LogP contribution in [0, 0.1) is 6.92 Å². The van der Waals surface area contributed by atoms with E-state index in [4.69, 9.17) is 4.99 Å². The van der Waals surface area contributed by atoms with Crippen LogP contribution in [-0.2, 0) is 6.54 Å². The van der Waals surface area contributed by atoms with E-state index in [0.717, 1.165) is 54.5 Å². The molecule has 0 radical (unpaired) electrons. The van der Waals surface area contributed by atoms with Crippen molar-refractivity contribution in [2.75, 3.05) is 36.4 Å². The molecule has 5 heteroatoms. The third kappa shape index (κ3) is 4.47. The predicted molar refractivity (Wildman–Crippen MR) is 120 cm³/mol. The third-order valence-corrected chi connectivity index (χ3v) is 5.34. The molecular formula is C23H33N5. The fraction of sp³-hybridized carbons (Fsp3) is 0.435. The Labute approximate surface area is 168 Å². The molecular weight excluding hydrogens is 346 g/mol. The molecule has 1 aliphatic rings. The quantitative estimate of drug-likeness (QED) is 0.833.